The van der Waals surface area contributed by atoms with Crippen LogP contribution in [0.3, 0.4) is 0 Å². The first-order chi connectivity index (χ1) is 6.20. The van der Waals surface area contributed by atoms with Gasteiger partial charge in [0.2, 0.25) is 5.88 Å². The lowest BCUT2D eigenvalue weighted by atomic mass is 10.4. The van der Waals surface area contributed by atoms with Gasteiger partial charge in [0.05, 0.1) is 7.11 Å². The summed E-state index contributed by atoms with van der Waals surface area (Å²) in [5, 5.41) is 4.20. The van der Waals surface area contributed by atoms with E-state index < -0.39 is 0 Å². The van der Waals surface area contributed by atoms with Crippen LogP contribution in [-0.4, -0.2) is 21.7 Å². The number of rotatable bonds is 1. The highest BCUT2D eigenvalue weighted by atomic mass is 79.9. The van der Waals surface area contributed by atoms with Gasteiger partial charge in [-0.25, -0.2) is 4.52 Å². The molecule has 0 saturated carbocycles. The SMILES string of the molecule is COc1cc(C)n2nc(Br)cc2n1. The highest BCUT2D eigenvalue weighted by Gasteiger charge is 2.04. The molecular formula is C8H8BrN3O. The minimum atomic E-state index is 0.609. The molecule has 0 bridgehead atoms. The van der Waals surface area contributed by atoms with E-state index in [2.05, 4.69) is 26.0 Å². The second kappa shape index (κ2) is 2.99. The van der Waals surface area contributed by atoms with Gasteiger partial charge in [0, 0.05) is 17.8 Å². The van der Waals surface area contributed by atoms with E-state index in [4.69, 9.17) is 4.74 Å². The molecule has 0 aromatic carbocycles. The Hall–Kier alpha value is -1.10. The van der Waals surface area contributed by atoms with E-state index in [1.165, 1.54) is 0 Å². The zero-order valence-corrected chi connectivity index (χ0v) is 8.87. The van der Waals surface area contributed by atoms with Crippen LogP contribution in [0.25, 0.3) is 5.65 Å². The van der Waals surface area contributed by atoms with Gasteiger partial charge in [-0.05, 0) is 22.9 Å². The van der Waals surface area contributed by atoms with Crippen molar-refractivity contribution >= 4 is 21.6 Å². The third-order valence-electron chi connectivity index (χ3n) is 1.76. The normalized spacial score (nSPS) is 10.7. The van der Waals surface area contributed by atoms with E-state index in [0.29, 0.717) is 5.88 Å². The van der Waals surface area contributed by atoms with Gasteiger partial charge in [-0.3, -0.25) is 0 Å². The van der Waals surface area contributed by atoms with Crippen molar-refractivity contribution in [2.75, 3.05) is 7.11 Å². The lowest BCUT2D eigenvalue weighted by Crippen LogP contribution is -1.97. The summed E-state index contributed by atoms with van der Waals surface area (Å²) >= 11 is 3.29. The minimum Gasteiger partial charge on any atom is -0.481 e. The molecular weight excluding hydrogens is 234 g/mol. The maximum absolute atomic E-state index is 5.04. The summed E-state index contributed by atoms with van der Waals surface area (Å²) < 4.78 is 7.58. The number of aromatic nitrogens is 3. The molecule has 0 N–H and O–H groups in total. The molecule has 0 amide bonds. The molecule has 0 aliphatic heterocycles. The Labute approximate surface area is 83.7 Å². The monoisotopic (exact) mass is 241 g/mol. The fourth-order valence-corrected chi connectivity index (χ4v) is 1.54. The summed E-state index contributed by atoms with van der Waals surface area (Å²) in [6.45, 7) is 1.96. The van der Waals surface area contributed by atoms with Gasteiger partial charge < -0.3 is 4.74 Å². The lowest BCUT2D eigenvalue weighted by Gasteiger charge is -2.01. The van der Waals surface area contributed by atoms with Crippen LogP contribution in [0.4, 0.5) is 0 Å². The summed E-state index contributed by atoms with van der Waals surface area (Å²) in [6, 6.07) is 3.68. The average Bonchev–Trinajstić information content (AvgIpc) is 2.46. The van der Waals surface area contributed by atoms with Crippen LogP contribution in [0.15, 0.2) is 16.7 Å². The van der Waals surface area contributed by atoms with Gasteiger partial charge in [-0.2, -0.15) is 10.1 Å². The maximum Gasteiger partial charge on any atom is 0.216 e. The van der Waals surface area contributed by atoms with Gasteiger partial charge in [-0.15, -0.1) is 0 Å². The highest BCUT2D eigenvalue weighted by molar-refractivity contribution is 9.10. The number of fused-ring (bicyclic) bond motifs is 1. The fraction of sp³-hybridized carbons (Fsp3) is 0.250. The minimum absolute atomic E-state index is 0.609. The van der Waals surface area contributed by atoms with Crippen LogP contribution < -0.4 is 4.74 Å². The second-order valence-corrected chi connectivity index (χ2v) is 3.49. The number of ether oxygens (including phenoxy) is 1. The topological polar surface area (TPSA) is 39.4 Å². The maximum atomic E-state index is 5.04. The predicted molar refractivity (Wildman–Crippen MR) is 52.0 cm³/mol. The van der Waals surface area contributed by atoms with Crippen LogP contribution >= 0.6 is 15.9 Å². The number of nitrogens with zero attached hydrogens (tertiary/aromatic N) is 3. The Bertz CT molecular complexity index is 452. The molecule has 0 spiro atoms. The van der Waals surface area contributed by atoms with E-state index in [-0.39, 0.29) is 0 Å². The van der Waals surface area contributed by atoms with E-state index in [9.17, 15) is 0 Å². The molecule has 2 rings (SSSR count). The zero-order valence-electron chi connectivity index (χ0n) is 7.28. The number of methoxy groups -OCH3 is 1. The van der Waals surface area contributed by atoms with Gasteiger partial charge in [0.15, 0.2) is 5.65 Å². The predicted octanol–water partition coefficient (Wildman–Crippen LogP) is 1.81. The summed E-state index contributed by atoms with van der Waals surface area (Å²) in [6.07, 6.45) is 0. The van der Waals surface area contributed by atoms with Crippen molar-refractivity contribution in [3.05, 3.63) is 22.4 Å². The van der Waals surface area contributed by atoms with Gasteiger partial charge in [0.1, 0.15) is 4.60 Å². The Kier molecular flexibility index (Phi) is 1.95. The van der Waals surface area contributed by atoms with E-state index in [1.54, 1.807) is 11.6 Å². The molecule has 0 radical (unpaired) electrons. The van der Waals surface area contributed by atoms with Crippen molar-refractivity contribution in [1.82, 2.24) is 14.6 Å². The summed E-state index contributed by atoms with van der Waals surface area (Å²) in [4.78, 5) is 4.22. The van der Waals surface area contributed by atoms with Crippen molar-refractivity contribution in [2.24, 2.45) is 0 Å². The third-order valence-corrected chi connectivity index (χ3v) is 2.15. The Morgan fingerprint density at radius 1 is 1.46 bits per heavy atom. The molecule has 4 nitrogen and oxygen atoms in total. The second-order valence-electron chi connectivity index (χ2n) is 2.68. The molecule has 2 heterocycles. The molecule has 2 aromatic heterocycles. The van der Waals surface area contributed by atoms with Crippen LogP contribution in [0, 0.1) is 6.92 Å². The molecule has 13 heavy (non-hydrogen) atoms. The van der Waals surface area contributed by atoms with Crippen molar-refractivity contribution in [3.8, 4) is 5.88 Å². The fourth-order valence-electron chi connectivity index (χ4n) is 1.17. The standard InChI is InChI=1S/C8H8BrN3O/c1-5-3-8(13-2)10-7-4-6(9)11-12(5)7/h3-4H,1-2H3. The molecule has 0 fully saturated rings. The first kappa shape index (κ1) is 8.50. The van der Waals surface area contributed by atoms with Gasteiger partial charge >= 0.3 is 0 Å². The molecule has 68 valence electrons. The van der Waals surface area contributed by atoms with E-state index in [0.717, 1.165) is 15.9 Å². The van der Waals surface area contributed by atoms with E-state index in [1.807, 2.05) is 19.1 Å². The Morgan fingerprint density at radius 3 is 2.92 bits per heavy atom. The lowest BCUT2D eigenvalue weighted by molar-refractivity contribution is 0.397. The summed E-state index contributed by atoms with van der Waals surface area (Å²) in [7, 11) is 1.60. The third kappa shape index (κ3) is 1.39. The van der Waals surface area contributed by atoms with Crippen LogP contribution in [-0.2, 0) is 0 Å². The van der Waals surface area contributed by atoms with Crippen LogP contribution in [0.2, 0.25) is 0 Å². The first-order valence-electron chi connectivity index (χ1n) is 3.77. The van der Waals surface area contributed by atoms with Crippen molar-refractivity contribution in [1.29, 1.82) is 0 Å². The number of aryl methyl sites for hydroxylation is 1. The van der Waals surface area contributed by atoms with Gasteiger partial charge in [-0.1, -0.05) is 0 Å². The first-order valence-corrected chi connectivity index (χ1v) is 4.57. The molecule has 5 heteroatoms. The molecule has 0 aliphatic carbocycles. The Morgan fingerprint density at radius 2 is 2.23 bits per heavy atom. The molecule has 2 aromatic rings. The summed E-state index contributed by atoms with van der Waals surface area (Å²) in [5.41, 5.74) is 1.77. The molecule has 0 aliphatic rings. The van der Waals surface area contributed by atoms with Gasteiger partial charge in [0.25, 0.3) is 0 Å². The molecule has 0 unspecified atom stereocenters. The molecule has 0 saturated heterocycles. The van der Waals surface area contributed by atoms with Crippen molar-refractivity contribution < 1.29 is 4.74 Å². The quantitative estimate of drug-likeness (QED) is 0.765. The Balaban J connectivity index is 2.75. The van der Waals surface area contributed by atoms with Crippen LogP contribution in [0.5, 0.6) is 5.88 Å². The molecule has 0 atom stereocenters. The number of hydrogen-bond acceptors (Lipinski definition) is 3. The van der Waals surface area contributed by atoms with E-state index >= 15 is 0 Å². The zero-order chi connectivity index (χ0) is 9.42. The van der Waals surface area contributed by atoms with Crippen molar-refractivity contribution in [3.63, 3.8) is 0 Å². The summed E-state index contributed by atoms with van der Waals surface area (Å²) in [5.74, 6) is 0.609. The smallest absolute Gasteiger partial charge is 0.216 e. The largest absolute Gasteiger partial charge is 0.481 e. The average molecular weight is 242 g/mol. The number of halogens is 1. The van der Waals surface area contributed by atoms with Crippen molar-refractivity contribution in [2.45, 2.75) is 6.92 Å². The van der Waals surface area contributed by atoms with Crippen LogP contribution in [0.1, 0.15) is 5.69 Å². The highest BCUT2D eigenvalue weighted by Crippen LogP contribution is 2.16. The number of hydrogen-bond donors (Lipinski definition) is 0.